The molecule has 0 spiro atoms. The number of aromatic nitrogens is 3. The first-order valence-corrected chi connectivity index (χ1v) is 18.0. The van der Waals surface area contributed by atoms with Crippen molar-refractivity contribution in [2.24, 2.45) is 0 Å². The van der Waals surface area contributed by atoms with Gasteiger partial charge in [0.15, 0.2) is 0 Å². The van der Waals surface area contributed by atoms with Gasteiger partial charge in [0.1, 0.15) is 0 Å². The van der Waals surface area contributed by atoms with E-state index in [9.17, 15) is 0 Å². The lowest BCUT2D eigenvalue weighted by Crippen LogP contribution is -2.53. The van der Waals surface area contributed by atoms with Gasteiger partial charge in [-0.3, -0.25) is 4.98 Å². The minimum Gasteiger partial charge on any atom is -0.375 e. The van der Waals surface area contributed by atoms with Crippen molar-refractivity contribution < 1.29 is 0 Å². The molecule has 7 aromatic rings. The van der Waals surface area contributed by atoms with Gasteiger partial charge in [0, 0.05) is 50.7 Å². The molecule has 0 atom stereocenters. The van der Waals surface area contributed by atoms with Crippen LogP contribution in [0.4, 0.5) is 0 Å². The summed E-state index contributed by atoms with van der Waals surface area (Å²) in [7, 11) is 0. The third-order valence-corrected chi connectivity index (χ3v) is 11.0. The maximum absolute atomic E-state index is 4.58. The zero-order chi connectivity index (χ0) is 35.0. The number of nitrogens with zero attached hydrogens (tertiary/aromatic N) is 3. The Morgan fingerprint density at radius 2 is 1.06 bits per heavy atom. The van der Waals surface area contributed by atoms with Crippen molar-refractivity contribution in [2.75, 3.05) is 0 Å². The lowest BCUT2D eigenvalue weighted by molar-refractivity contribution is 0.571. The molecule has 0 saturated carbocycles. The smallest absolute Gasteiger partial charge is 0.332 e. The number of para-hydroxylation sites is 2. The van der Waals surface area contributed by atoms with Gasteiger partial charge in [-0.25, -0.2) is 0 Å². The Labute approximate surface area is 292 Å². The quantitative estimate of drug-likeness (QED) is 0.163. The molecule has 49 heavy (non-hydrogen) atoms. The molecule has 0 saturated heterocycles. The van der Waals surface area contributed by atoms with Crippen LogP contribution >= 0.6 is 0 Å². The zero-order valence-corrected chi connectivity index (χ0v) is 31.5. The second kappa shape index (κ2) is 10.1. The molecule has 248 valence electrons. The van der Waals surface area contributed by atoms with Crippen LogP contribution < -0.4 is 10.9 Å². The van der Waals surface area contributed by atoms with Crippen molar-refractivity contribution in [3.05, 3.63) is 107 Å². The average Bonchev–Trinajstić information content (AvgIpc) is 3.53. The van der Waals surface area contributed by atoms with Crippen LogP contribution in [0.3, 0.4) is 0 Å². The molecule has 4 heterocycles. The highest BCUT2D eigenvalue weighted by Gasteiger charge is 2.39. The zero-order valence-electron chi connectivity index (χ0n) is 31.5. The number of rotatable bonds is 1. The van der Waals surface area contributed by atoms with E-state index in [0.29, 0.717) is 0 Å². The molecule has 0 N–H and O–H groups in total. The maximum Gasteiger partial charge on any atom is 0.332 e. The van der Waals surface area contributed by atoms with Gasteiger partial charge in [-0.15, -0.1) is 0 Å². The monoisotopic (exact) mass is 643 g/mol. The molecule has 1 aliphatic heterocycles. The molecule has 0 aliphatic carbocycles. The second-order valence-electron chi connectivity index (χ2n) is 18.6. The predicted octanol–water partition coefficient (Wildman–Crippen LogP) is 10.4. The van der Waals surface area contributed by atoms with Crippen LogP contribution in [0.25, 0.3) is 49.3 Å². The Hall–Kier alpha value is -4.31. The maximum atomic E-state index is 4.58. The summed E-state index contributed by atoms with van der Waals surface area (Å²) in [4.78, 5) is 4.58. The fourth-order valence-corrected chi connectivity index (χ4v) is 8.36. The molecule has 0 unspecified atom stereocenters. The lowest BCUT2D eigenvalue weighted by atomic mass is 9.48. The van der Waals surface area contributed by atoms with Crippen LogP contribution in [-0.4, -0.2) is 20.9 Å². The normalized spacial score (nSPS) is 14.1. The minimum absolute atomic E-state index is 0.00904. The SMILES string of the molecule is CC(C)(C)c1cc(C(C)(C)C)c2c(c1)c1cc(C(C)(C)C)cc(C(C)(C)C)c1n2B1c2ccccc2-n2c3ccncc3c3cccc1c32. The average molecular weight is 644 g/mol. The predicted molar refractivity (Wildman–Crippen MR) is 213 cm³/mol. The fourth-order valence-electron chi connectivity index (χ4n) is 8.36. The van der Waals surface area contributed by atoms with Gasteiger partial charge in [-0.1, -0.05) is 132 Å². The van der Waals surface area contributed by atoms with Crippen molar-refractivity contribution in [3.8, 4) is 5.69 Å². The minimum atomic E-state index is -0.0822. The van der Waals surface area contributed by atoms with Gasteiger partial charge >= 0.3 is 6.85 Å². The molecule has 8 rings (SSSR count). The van der Waals surface area contributed by atoms with E-state index in [2.05, 4.69) is 170 Å². The van der Waals surface area contributed by atoms with Gasteiger partial charge in [0.25, 0.3) is 0 Å². The molecule has 3 aromatic heterocycles. The molecule has 0 radical (unpaired) electrons. The van der Waals surface area contributed by atoms with Gasteiger partial charge < -0.3 is 9.05 Å². The Kier molecular flexibility index (Phi) is 6.60. The topological polar surface area (TPSA) is 22.8 Å². The first-order valence-electron chi connectivity index (χ1n) is 18.0. The number of hydrogen-bond acceptors (Lipinski definition) is 1. The summed E-state index contributed by atoms with van der Waals surface area (Å²) in [5.74, 6) is 0. The van der Waals surface area contributed by atoms with Crippen LogP contribution in [0, 0.1) is 0 Å². The van der Waals surface area contributed by atoms with Crippen LogP contribution in [0.15, 0.2) is 85.2 Å². The molecular formula is C45H50BN3. The highest BCUT2D eigenvalue weighted by Crippen LogP contribution is 2.45. The van der Waals surface area contributed by atoms with Crippen molar-refractivity contribution in [1.82, 2.24) is 14.0 Å². The van der Waals surface area contributed by atoms with E-state index >= 15 is 0 Å². The first kappa shape index (κ1) is 31.9. The molecule has 0 bridgehead atoms. The van der Waals surface area contributed by atoms with E-state index in [1.807, 2.05) is 12.4 Å². The summed E-state index contributed by atoms with van der Waals surface area (Å²) in [6.07, 6.45) is 3.97. The van der Waals surface area contributed by atoms with Crippen LogP contribution in [0.2, 0.25) is 0 Å². The summed E-state index contributed by atoms with van der Waals surface area (Å²) in [6.45, 7) is 28.4. The standard InChI is InChI=1S/C45H50BN3/c1-42(2,3)27-22-30-31-23-28(43(4,5)6)25-34(45(10,11)12)40(31)49(39(30)33(24-27)44(7,8)9)46-35-17-13-14-19-38(35)48-37-20-21-47-26-32(37)29-16-15-18-36(46)41(29)48/h13-26H,1-12H3. The number of hydrogen-bond donors (Lipinski definition) is 0. The summed E-state index contributed by atoms with van der Waals surface area (Å²) in [5, 5.41) is 5.19. The van der Waals surface area contributed by atoms with Crippen LogP contribution in [0.1, 0.15) is 105 Å². The summed E-state index contributed by atoms with van der Waals surface area (Å²) < 4.78 is 5.27. The summed E-state index contributed by atoms with van der Waals surface area (Å²) in [6, 6.07) is 28.3. The Morgan fingerprint density at radius 1 is 0.510 bits per heavy atom. The Morgan fingerprint density at radius 3 is 1.61 bits per heavy atom. The third-order valence-electron chi connectivity index (χ3n) is 11.0. The van der Waals surface area contributed by atoms with Gasteiger partial charge in [0.05, 0.1) is 11.0 Å². The molecular weight excluding hydrogens is 593 g/mol. The van der Waals surface area contributed by atoms with Crippen LogP contribution in [0.5, 0.6) is 0 Å². The van der Waals surface area contributed by atoms with E-state index in [-0.39, 0.29) is 28.5 Å². The number of pyridine rings is 1. The van der Waals surface area contributed by atoms with E-state index in [0.717, 1.165) is 0 Å². The molecule has 3 nitrogen and oxygen atoms in total. The lowest BCUT2D eigenvalue weighted by Gasteiger charge is -2.32. The highest BCUT2D eigenvalue weighted by molar-refractivity contribution is 6.88. The van der Waals surface area contributed by atoms with E-state index in [1.54, 1.807) is 0 Å². The van der Waals surface area contributed by atoms with Crippen molar-refractivity contribution in [2.45, 2.75) is 105 Å². The van der Waals surface area contributed by atoms with E-state index < -0.39 is 0 Å². The molecule has 4 aromatic carbocycles. The highest BCUT2D eigenvalue weighted by atomic mass is 15.0. The largest absolute Gasteiger partial charge is 0.375 e. The van der Waals surface area contributed by atoms with Gasteiger partial charge in [-0.2, -0.15) is 0 Å². The van der Waals surface area contributed by atoms with Gasteiger partial charge in [-0.05, 0) is 79.1 Å². The Bertz CT molecular complexity index is 2390. The van der Waals surface area contributed by atoms with Crippen molar-refractivity contribution >= 4 is 61.4 Å². The van der Waals surface area contributed by atoms with E-state index in [1.165, 1.54) is 82.5 Å². The molecule has 4 heteroatoms. The van der Waals surface area contributed by atoms with E-state index in [4.69, 9.17) is 0 Å². The van der Waals surface area contributed by atoms with Crippen LogP contribution in [-0.2, 0) is 21.7 Å². The molecule has 0 fully saturated rings. The number of benzene rings is 4. The van der Waals surface area contributed by atoms with Crippen molar-refractivity contribution in [1.29, 1.82) is 0 Å². The molecule has 1 aliphatic rings. The fraction of sp³-hybridized carbons (Fsp3) is 0.356. The third kappa shape index (κ3) is 4.66. The molecule has 0 amide bonds. The summed E-state index contributed by atoms with van der Waals surface area (Å²) >= 11 is 0. The Balaban J connectivity index is 1.67. The second-order valence-corrected chi connectivity index (χ2v) is 18.6. The van der Waals surface area contributed by atoms with Gasteiger partial charge in [0.2, 0.25) is 0 Å². The summed E-state index contributed by atoms with van der Waals surface area (Å²) in [5.41, 5.74) is 14.6. The number of fused-ring (bicyclic) bond motifs is 8. The first-order chi connectivity index (χ1) is 22.9. The van der Waals surface area contributed by atoms with Crippen molar-refractivity contribution in [3.63, 3.8) is 0 Å².